The van der Waals surface area contributed by atoms with Gasteiger partial charge in [-0.05, 0) is 30.0 Å². The van der Waals surface area contributed by atoms with Crippen LogP contribution in [-0.4, -0.2) is 40.3 Å². The Kier molecular flexibility index (Phi) is 4.56. The van der Waals surface area contributed by atoms with Crippen LogP contribution in [-0.2, 0) is 17.8 Å². The largest absolute Gasteiger partial charge is 0.481 e. The maximum Gasteiger partial charge on any atom is 0.307 e. The number of aliphatic carboxylic acids is 1. The summed E-state index contributed by atoms with van der Waals surface area (Å²) in [5.41, 5.74) is 1.99. The number of nitrogens with zero attached hydrogens (tertiary/aromatic N) is 1. The fourth-order valence-corrected chi connectivity index (χ4v) is 2.45. The minimum absolute atomic E-state index is 0.0697. The molecule has 2 unspecified atom stereocenters. The Balaban J connectivity index is 1.91. The summed E-state index contributed by atoms with van der Waals surface area (Å²) in [7, 11) is 0. The number of aliphatic hydroxyl groups excluding tert-OH is 1. The molecular formula is C15H21NO3. The number of piperidine rings is 1. The van der Waals surface area contributed by atoms with Crippen LogP contribution >= 0.6 is 0 Å². The highest BCUT2D eigenvalue weighted by Crippen LogP contribution is 2.19. The van der Waals surface area contributed by atoms with E-state index in [0.717, 1.165) is 37.2 Å². The monoisotopic (exact) mass is 263 g/mol. The molecule has 1 saturated heterocycles. The van der Waals surface area contributed by atoms with Crippen LogP contribution in [0.4, 0.5) is 0 Å². The third kappa shape index (κ3) is 4.04. The number of carbonyl (C=O) groups is 1. The first-order chi connectivity index (χ1) is 9.04. The van der Waals surface area contributed by atoms with Crippen molar-refractivity contribution >= 4 is 5.97 Å². The summed E-state index contributed by atoms with van der Waals surface area (Å²) in [6.45, 7) is 4.63. The molecule has 104 valence electrons. The molecule has 2 atom stereocenters. The van der Waals surface area contributed by atoms with E-state index in [1.807, 2.05) is 24.3 Å². The normalized spacial score (nSPS) is 24.3. The molecule has 0 bridgehead atoms. The fourth-order valence-electron chi connectivity index (χ4n) is 2.45. The Morgan fingerprint density at radius 2 is 1.95 bits per heavy atom. The summed E-state index contributed by atoms with van der Waals surface area (Å²) in [4.78, 5) is 12.8. The molecule has 0 aliphatic carbocycles. The smallest absolute Gasteiger partial charge is 0.307 e. The van der Waals surface area contributed by atoms with Crippen LogP contribution in [0, 0.1) is 5.92 Å². The Bertz CT molecular complexity index is 430. The van der Waals surface area contributed by atoms with Crippen LogP contribution in [0.25, 0.3) is 0 Å². The van der Waals surface area contributed by atoms with E-state index in [9.17, 15) is 9.90 Å². The number of rotatable bonds is 4. The van der Waals surface area contributed by atoms with Crippen LogP contribution < -0.4 is 0 Å². The molecule has 0 radical (unpaired) electrons. The van der Waals surface area contributed by atoms with E-state index < -0.39 is 5.97 Å². The molecule has 0 spiro atoms. The van der Waals surface area contributed by atoms with Crippen molar-refractivity contribution in [2.24, 2.45) is 5.92 Å². The molecular weight excluding hydrogens is 242 g/mol. The zero-order valence-electron chi connectivity index (χ0n) is 11.2. The highest BCUT2D eigenvalue weighted by molar-refractivity contribution is 5.70. The highest BCUT2D eigenvalue weighted by atomic mass is 16.4. The number of carboxylic acids is 1. The Labute approximate surface area is 113 Å². The van der Waals surface area contributed by atoms with Gasteiger partial charge in [-0.15, -0.1) is 0 Å². The van der Waals surface area contributed by atoms with Gasteiger partial charge in [0.15, 0.2) is 0 Å². The summed E-state index contributed by atoms with van der Waals surface area (Å²) < 4.78 is 0. The van der Waals surface area contributed by atoms with Crippen LogP contribution in [0.1, 0.15) is 24.5 Å². The first-order valence-electron chi connectivity index (χ1n) is 6.74. The number of likely N-dealkylation sites (tertiary alicyclic amines) is 1. The first-order valence-corrected chi connectivity index (χ1v) is 6.74. The summed E-state index contributed by atoms with van der Waals surface area (Å²) in [6.07, 6.45) is 0.860. The van der Waals surface area contributed by atoms with Crippen LogP contribution in [0.15, 0.2) is 24.3 Å². The van der Waals surface area contributed by atoms with Crippen molar-refractivity contribution in [1.82, 2.24) is 4.90 Å². The molecule has 1 aliphatic rings. The molecule has 4 nitrogen and oxygen atoms in total. The lowest BCUT2D eigenvalue weighted by Gasteiger charge is -2.34. The highest BCUT2D eigenvalue weighted by Gasteiger charge is 2.23. The Morgan fingerprint density at radius 1 is 1.32 bits per heavy atom. The maximum absolute atomic E-state index is 10.6. The molecule has 0 saturated carbocycles. The van der Waals surface area contributed by atoms with E-state index in [2.05, 4.69) is 11.8 Å². The van der Waals surface area contributed by atoms with Crippen LogP contribution in [0.5, 0.6) is 0 Å². The molecule has 1 aliphatic heterocycles. The van der Waals surface area contributed by atoms with Gasteiger partial charge in [0.25, 0.3) is 0 Å². The second kappa shape index (κ2) is 6.17. The second-order valence-corrected chi connectivity index (χ2v) is 5.46. The molecule has 0 amide bonds. The van der Waals surface area contributed by atoms with Crippen molar-refractivity contribution in [3.8, 4) is 0 Å². The first kappa shape index (κ1) is 14.0. The standard InChI is InChI=1S/C15H21NO3/c1-11-6-7-16(10-14(11)17)9-13-4-2-12(3-5-13)8-15(18)19/h2-5,11,14,17H,6-10H2,1H3,(H,18,19). The van der Waals surface area contributed by atoms with Gasteiger partial charge in [0, 0.05) is 13.1 Å². The zero-order valence-corrected chi connectivity index (χ0v) is 11.2. The third-order valence-corrected chi connectivity index (χ3v) is 3.79. The Hall–Kier alpha value is -1.39. The van der Waals surface area contributed by atoms with Crippen molar-refractivity contribution in [2.45, 2.75) is 32.4 Å². The number of β-amino-alcohol motifs (C(OH)–C–C–N with tert-alkyl or cyclic N) is 1. The van der Waals surface area contributed by atoms with E-state index in [1.54, 1.807) is 0 Å². The topological polar surface area (TPSA) is 60.8 Å². The summed E-state index contributed by atoms with van der Waals surface area (Å²) >= 11 is 0. The van der Waals surface area contributed by atoms with Gasteiger partial charge in [-0.25, -0.2) is 0 Å². The van der Waals surface area contributed by atoms with Gasteiger partial charge >= 0.3 is 5.97 Å². The van der Waals surface area contributed by atoms with Gasteiger partial charge in [-0.3, -0.25) is 9.69 Å². The van der Waals surface area contributed by atoms with E-state index >= 15 is 0 Å². The van der Waals surface area contributed by atoms with Crippen molar-refractivity contribution < 1.29 is 15.0 Å². The number of hydrogen-bond donors (Lipinski definition) is 2. The average Bonchev–Trinajstić information content (AvgIpc) is 2.36. The summed E-state index contributed by atoms with van der Waals surface area (Å²) in [5, 5.41) is 18.6. The molecule has 2 N–H and O–H groups in total. The van der Waals surface area contributed by atoms with E-state index in [4.69, 9.17) is 5.11 Å². The van der Waals surface area contributed by atoms with Crippen molar-refractivity contribution in [3.05, 3.63) is 35.4 Å². The lowest BCUT2D eigenvalue weighted by atomic mass is 9.95. The average molecular weight is 263 g/mol. The molecule has 1 aromatic carbocycles. The molecule has 1 heterocycles. The predicted molar refractivity (Wildman–Crippen MR) is 72.8 cm³/mol. The molecule has 19 heavy (non-hydrogen) atoms. The van der Waals surface area contributed by atoms with Gasteiger partial charge in [0.1, 0.15) is 0 Å². The van der Waals surface area contributed by atoms with Crippen LogP contribution in [0.3, 0.4) is 0 Å². The number of hydrogen-bond acceptors (Lipinski definition) is 3. The molecule has 1 fully saturated rings. The van der Waals surface area contributed by atoms with E-state index in [-0.39, 0.29) is 12.5 Å². The SMILES string of the molecule is CC1CCN(Cc2ccc(CC(=O)O)cc2)CC1O. The minimum atomic E-state index is -0.805. The quantitative estimate of drug-likeness (QED) is 0.864. The number of carboxylic acid groups (broad SMARTS) is 1. The predicted octanol–water partition coefficient (Wildman–Crippen LogP) is 1.52. The molecule has 1 aromatic rings. The third-order valence-electron chi connectivity index (χ3n) is 3.79. The lowest BCUT2D eigenvalue weighted by molar-refractivity contribution is -0.136. The maximum atomic E-state index is 10.6. The van der Waals surface area contributed by atoms with Gasteiger partial charge in [0.2, 0.25) is 0 Å². The minimum Gasteiger partial charge on any atom is -0.481 e. The van der Waals surface area contributed by atoms with Gasteiger partial charge < -0.3 is 10.2 Å². The van der Waals surface area contributed by atoms with Gasteiger partial charge in [-0.1, -0.05) is 31.2 Å². The molecule has 2 rings (SSSR count). The van der Waals surface area contributed by atoms with Gasteiger partial charge in [0.05, 0.1) is 12.5 Å². The fraction of sp³-hybridized carbons (Fsp3) is 0.533. The number of benzene rings is 1. The van der Waals surface area contributed by atoms with E-state index in [0.29, 0.717) is 5.92 Å². The molecule has 4 heteroatoms. The van der Waals surface area contributed by atoms with Crippen LogP contribution in [0.2, 0.25) is 0 Å². The van der Waals surface area contributed by atoms with Crippen molar-refractivity contribution in [1.29, 1.82) is 0 Å². The Morgan fingerprint density at radius 3 is 2.53 bits per heavy atom. The zero-order chi connectivity index (χ0) is 13.8. The van der Waals surface area contributed by atoms with Crippen molar-refractivity contribution in [3.63, 3.8) is 0 Å². The summed E-state index contributed by atoms with van der Waals surface area (Å²) in [6, 6.07) is 7.68. The van der Waals surface area contributed by atoms with Gasteiger partial charge in [-0.2, -0.15) is 0 Å². The lowest BCUT2D eigenvalue weighted by Crippen LogP contribution is -2.42. The number of aliphatic hydroxyl groups is 1. The second-order valence-electron chi connectivity index (χ2n) is 5.46. The summed E-state index contributed by atoms with van der Waals surface area (Å²) in [5.74, 6) is -0.421. The molecule has 0 aromatic heterocycles. The van der Waals surface area contributed by atoms with Crippen molar-refractivity contribution in [2.75, 3.05) is 13.1 Å². The van der Waals surface area contributed by atoms with E-state index in [1.165, 1.54) is 0 Å².